The number of carbonyl (C=O) groups is 1. The highest BCUT2D eigenvalue weighted by molar-refractivity contribution is 5.87. The smallest absolute Gasteiger partial charge is 0.335 e. The number of hydrogen-bond donors (Lipinski definition) is 2. The fourth-order valence-corrected chi connectivity index (χ4v) is 5.32. The third-order valence-electron chi connectivity index (χ3n) is 7.54. The van der Waals surface area contributed by atoms with E-state index in [1.165, 1.54) is 16.8 Å². The Morgan fingerprint density at radius 2 is 1.51 bits per heavy atom. The number of nitrogens with zero attached hydrogens (tertiary/aromatic N) is 2. The van der Waals surface area contributed by atoms with Crippen molar-refractivity contribution in [1.29, 1.82) is 0 Å². The van der Waals surface area contributed by atoms with Crippen LogP contribution in [0.25, 0.3) is 22.6 Å². The van der Waals surface area contributed by atoms with Gasteiger partial charge in [-0.1, -0.05) is 110 Å². The highest BCUT2D eigenvalue weighted by Crippen LogP contribution is 2.36. The fraction of sp³-hybridized carbons (Fsp3) is 0.222. The van der Waals surface area contributed by atoms with E-state index < -0.39 is 5.97 Å². The van der Waals surface area contributed by atoms with Crippen LogP contribution in [0, 0.1) is 6.92 Å². The summed E-state index contributed by atoms with van der Waals surface area (Å²) in [6, 6.07) is 36.6. The lowest BCUT2D eigenvalue weighted by Crippen LogP contribution is -2.26. The number of imidazole rings is 1. The van der Waals surface area contributed by atoms with Gasteiger partial charge in [-0.3, -0.25) is 0 Å². The third kappa shape index (κ3) is 6.64. The predicted octanol–water partition coefficient (Wildman–Crippen LogP) is 8.10. The quantitative estimate of drug-likeness (QED) is 0.167. The molecule has 0 aliphatic rings. The van der Waals surface area contributed by atoms with Crippen molar-refractivity contribution in [1.82, 2.24) is 14.9 Å². The average Bonchev–Trinajstić information content (AvgIpc) is 3.38. The van der Waals surface area contributed by atoms with Gasteiger partial charge in [0.15, 0.2) is 0 Å². The number of benzene rings is 4. The summed E-state index contributed by atoms with van der Waals surface area (Å²) in [5.41, 5.74) is 8.18. The summed E-state index contributed by atoms with van der Waals surface area (Å²) in [6.45, 7) is 5.85. The van der Waals surface area contributed by atoms with Crippen LogP contribution in [0.5, 0.6) is 0 Å². The SMILES string of the molecule is CCCCn1c(-c2ccccc2C)nc(-c2ccccc2)c1C(Cc1ccccc1)NCc1ccc(C(=O)O)cc1. The summed E-state index contributed by atoms with van der Waals surface area (Å²) >= 11 is 0. The number of nitrogens with one attached hydrogen (secondary N) is 1. The zero-order valence-corrected chi connectivity index (χ0v) is 23.8. The molecule has 0 saturated heterocycles. The second-order valence-corrected chi connectivity index (χ2v) is 10.5. The van der Waals surface area contributed by atoms with Crippen molar-refractivity contribution in [2.75, 3.05) is 0 Å². The second kappa shape index (κ2) is 13.2. The third-order valence-corrected chi connectivity index (χ3v) is 7.54. The maximum atomic E-state index is 11.4. The molecule has 5 aromatic rings. The Hall–Kier alpha value is -4.48. The predicted molar refractivity (Wildman–Crippen MR) is 166 cm³/mol. The molecule has 5 rings (SSSR count). The minimum absolute atomic E-state index is 0.0334. The van der Waals surface area contributed by atoms with Crippen molar-refractivity contribution in [2.24, 2.45) is 0 Å². The van der Waals surface area contributed by atoms with Crippen molar-refractivity contribution in [3.05, 3.63) is 137 Å². The Labute approximate surface area is 242 Å². The molecule has 4 aromatic carbocycles. The summed E-state index contributed by atoms with van der Waals surface area (Å²) in [7, 11) is 0. The Morgan fingerprint density at radius 3 is 2.17 bits per heavy atom. The molecule has 0 radical (unpaired) electrons. The highest BCUT2D eigenvalue weighted by Gasteiger charge is 2.27. The number of unbranched alkanes of at least 4 members (excludes halogenated alkanes) is 1. The Kier molecular flexibility index (Phi) is 9.07. The van der Waals surface area contributed by atoms with Gasteiger partial charge >= 0.3 is 5.97 Å². The highest BCUT2D eigenvalue weighted by atomic mass is 16.4. The van der Waals surface area contributed by atoms with Crippen LogP contribution in [-0.2, 0) is 19.5 Å². The first-order valence-corrected chi connectivity index (χ1v) is 14.4. The lowest BCUT2D eigenvalue weighted by molar-refractivity contribution is 0.0697. The Balaban J connectivity index is 1.65. The van der Waals surface area contributed by atoms with Gasteiger partial charge in [0, 0.05) is 24.2 Å². The molecule has 1 unspecified atom stereocenters. The molecule has 5 heteroatoms. The van der Waals surface area contributed by atoms with Gasteiger partial charge in [-0.15, -0.1) is 0 Å². The minimum Gasteiger partial charge on any atom is -0.478 e. The van der Waals surface area contributed by atoms with Gasteiger partial charge in [0.1, 0.15) is 5.82 Å². The largest absolute Gasteiger partial charge is 0.478 e. The summed E-state index contributed by atoms with van der Waals surface area (Å²) < 4.78 is 2.43. The van der Waals surface area contributed by atoms with Gasteiger partial charge in [-0.05, 0) is 48.6 Å². The topological polar surface area (TPSA) is 67.2 Å². The van der Waals surface area contributed by atoms with Gasteiger partial charge in [0.05, 0.1) is 23.0 Å². The molecule has 208 valence electrons. The summed E-state index contributed by atoms with van der Waals surface area (Å²) in [6.07, 6.45) is 2.92. The number of aryl methyl sites for hydroxylation is 1. The van der Waals surface area contributed by atoms with Crippen LogP contribution < -0.4 is 5.32 Å². The number of carboxylic acids is 1. The maximum Gasteiger partial charge on any atom is 0.335 e. The van der Waals surface area contributed by atoms with Gasteiger partial charge < -0.3 is 15.0 Å². The van der Waals surface area contributed by atoms with E-state index in [1.54, 1.807) is 12.1 Å². The standard InChI is InChI=1S/C36H37N3O2/c1-3-4-23-39-34(33(29-16-9-6-10-17-29)38-35(39)31-18-12-11-13-26(31)2)32(24-27-14-7-5-8-15-27)37-25-28-19-21-30(22-20-28)36(40)41/h5-22,32,37H,3-4,23-25H2,1-2H3,(H,40,41). The monoisotopic (exact) mass is 543 g/mol. The summed E-state index contributed by atoms with van der Waals surface area (Å²) in [5.74, 6) is 0.0820. The van der Waals surface area contributed by atoms with Crippen LogP contribution in [0.3, 0.4) is 0 Å². The number of carboxylic acid groups (broad SMARTS) is 1. The van der Waals surface area contributed by atoms with Gasteiger partial charge in [-0.25, -0.2) is 9.78 Å². The number of aromatic carboxylic acids is 1. The zero-order chi connectivity index (χ0) is 28.6. The first-order chi connectivity index (χ1) is 20.0. The average molecular weight is 544 g/mol. The lowest BCUT2D eigenvalue weighted by Gasteiger charge is -2.24. The summed E-state index contributed by atoms with van der Waals surface area (Å²) in [5, 5.41) is 13.2. The van der Waals surface area contributed by atoms with Crippen LogP contribution in [0.2, 0.25) is 0 Å². The molecule has 0 saturated carbocycles. The van der Waals surface area contributed by atoms with Gasteiger partial charge in [-0.2, -0.15) is 0 Å². The minimum atomic E-state index is -0.914. The molecule has 0 aliphatic carbocycles. The molecule has 0 bridgehead atoms. The van der Waals surface area contributed by atoms with Crippen LogP contribution in [-0.4, -0.2) is 20.6 Å². The van der Waals surface area contributed by atoms with E-state index in [-0.39, 0.29) is 6.04 Å². The molecule has 0 amide bonds. The van der Waals surface area contributed by atoms with Gasteiger partial charge in [0.25, 0.3) is 0 Å². The van der Waals surface area contributed by atoms with Crippen LogP contribution in [0.15, 0.2) is 109 Å². The van der Waals surface area contributed by atoms with E-state index in [2.05, 4.69) is 96.5 Å². The van der Waals surface area contributed by atoms with Crippen molar-refractivity contribution >= 4 is 5.97 Å². The molecule has 1 heterocycles. The summed E-state index contributed by atoms with van der Waals surface area (Å²) in [4.78, 5) is 16.8. The Bertz CT molecular complexity index is 1570. The molecule has 5 nitrogen and oxygen atoms in total. The molecular formula is C36H37N3O2. The number of rotatable bonds is 12. The first kappa shape index (κ1) is 28.1. The van der Waals surface area contributed by atoms with Crippen LogP contribution in [0.4, 0.5) is 0 Å². The molecule has 2 N–H and O–H groups in total. The zero-order valence-electron chi connectivity index (χ0n) is 23.8. The molecule has 41 heavy (non-hydrogen) atoms. The molecule has 0 fully saturated rings. The van der Waals surface area contributed by atoms with E-state index in [0.29, 0.717) is 12.1 Å². The number of aromatic nitrogens is 2. The van der Waals surface area contributed by atoms with E-state index in [9.17, 15) is 9.90 Å². The normalized spacial score (nSPS) is 11.9. The van der Waals surface area contributed by atoms with Crippen molar-refractivity contribution in [2.45, 2.75) is 52.2 Å². The van der Waals surface area contributed by atoms with E-state index in [1.807, 2.05) is 24.3 Å². The number of hydrogen-bond acceptors (Lipinski definition) is 3. The molecule has 0 spiro atoms. The van der Waals surface area contributed by atoms with Gasteiger partial charge in [0.2, 0.25) is 0 Å². The van der Waals surface area contributed by atoms with Crippen molar-refractivity contribution in [3.63, 3.8) is 0 Å². The lowest BCUT2D eigenvalue weighted by atomic mass is 9.98. The molecular weight excluding hydrogens is 506 g/mol. The Morgan fingerprint density at radius 1 is 0.854 bits per heavy atom. The van der Waals surface area contributed by atoms with Crippen molar-refractivity contribution < 1.29 is 9.90 Å². The first-order valence-electron chi connectivity index (χ1n) is 14.4. The van der Waals surface area contributed by atoms with E-state index >= 15 is 0 Å². The fourth-order valence-electron chi connectivity index (χ4n) is 5.32. The van der Waals surface area contributed by atoms with Crippen molar-refractivity contribution in [3.8, 4) is 22.6 Å². The molecule has 0 aliphatic heterocycles. The second-order valence-electron chi connectivity index (χ2n) is 10.5. The van der Waals surface area contributed by atoms with Crippen LogP contribution in [0.1, 0.15) is 58.5 Å². The maximum absolute atomic E-state index is 11.4. The molecule has 1 atom stereocenters. The van der Waals surface area contributed by atoms with E-state index in [0.717, 1.165) is 54.0 Å². The molecule has 1 aromatic heterocycles. The van der Waals surface area contributed by atoms with Crippen LogP contribution >= 0.6 is 0 Å². The van der Waals surface area contributed by atoms with E-state index in [4.69, 9.17) is 4.98 Å².